The molecule has 20 heavy (non-hydrogen) atoms. The molecular formula is C14H15BrN2O3. The van der Waals surface area contributed by atoms with E-state index in [1.54, 1.807) is 12.1 Å². The van der Waals surface area contributed by atoms with Gasteiger partial charge in [0.15, 0.2) is 0 Å². The normalized spacial score (nSPS) is 19.2. The number of carbonyl (C=O) groups is 3. The van der Waals surface area contributed by atoms with Crippen molar-refractivity contribution in [3.05, 3.63) is 28.2 Å². The van der Waals surface area contributed by atoms with Gasteiger partial charge in [-0.2, -0.15) is 0 Å². The molecule has 1 unspecified atom stereocenters. The molecule has 4 amide bonds. The van der Waals surface area contributed by atoms with E-state index in [2.05, 4.69) is 21.2 Å². The number of halogens is 1. The second kappa shape index (κ2) is 5.75. The molecule has 0 aliphatic carbocycles. The van der Waals surface area contributed by atoms with E-state index in [0.29, 0.717) is 18.5 Å². The van der Waals surface area contributed by atoms with Crippen LogP contribution in [-0.4, -0.2) is 17.8 Å². The minimum atomic E-state index is -0.791. The minimum Gasteiger partial charge on any atom is -0.277 e. The first-order chi connectivity index (χ1) is 9.45. The molecule has 1 atom stereocenters. The lowest BCUT2D eigenvalue weighted by molar-refractivity contribution is -0.134. The Balaban J connectivity index is 2.41. The molecule has 1 heterocycles. The number of anilines is 1. The Bertz CT molecular complexity index is 586. The lowest BCUT2D eigenvalue weighted by Gasteiger charge is -2.30. The van der Waals surface area contributed by atoms with Crippen LogP contribution in [0.4, 0.5) is 10.5 Å². The number of nitrogens with zero attached hydrogens (tertiary/aromatic N) is 1. The monoisotopic (exact) mass is 338 g/mol. The summed E-state index contributed by atoms with van der Waals surface area (Å²) in [4.78, 5) is 37.2. The predicted octanol–water partition coefficient (Wildman–Crippen LogP) is 2.76. The van der Waals surface area contributed by atoms with Gasteiger partial charge in [0, 0.05) is 4.47 Å². The smallest absolute Gasteiger partial charge is 0.277 e. The zero-order chi connectivity index (χ0) is 14.9. The summed E-state index contributed by atoms with van der Waals surface area (Å²) >= 11 is 3.34. The Hall–Kier alpha value is -1.69. The summed E-state index contributed by atoms with van der Waals surface area (Å²) in [6, 6.07) is 4.59. The molecule has 0 saturated carbocycles. The molecule has 1 aliphatic heterocycles. The van der Waals surface area contributed by atoms with Crippen LogP contribution in [0.25, 0.3) is 0 Å². The van der Waals surface area contributed by atoms with Gasteiger partial charge in [-0.3, -0.25) is 14.9 Å². The van der Waals surface area contributed by atoms with Crippen LogP contribution in [0.5, 0.6) is 0 Å². The Kier molecular flexibility index (Phi) is 4.23. The number of hydrogen-bond acceptors (Lipinski definition) is 3. The summed E-state index contributed by atoms with van der Waals surface area (Å²) in [5.74, 6) is -1.75. The number of rotatable bonds is 3. The van der Waals surface area contributed by atoms with Crippen molar-refractivity contribution in [2.24, 2.45) is 5.92 Å². The number of barbiturate groups is 1. The Morgan fingerprint density at radius 2 is 2.00 bits per heavy atom. The Morgan fingerprint density at radius 1 is 1.30 bits per heavy atom. The van der Waals surface area contributed by atoms with Crippen molar-refractivity contribution in [1.29, 1.82) is 0 Å². The topological polar surface area (TPSA) is 66.5 Å². The number of amides is 4. The van der Waals surface area contributed by atoms with Gasteiger partial charge in [0.25, 0.3) is 0 Å². The number of hydrogen-bond donors (Lipinski definition) is 1. The molecule has 1 aromatic carbocycles. The molecule has 6 heteroatoms. The fourth-order valence-corrected chi connectivity index (χ4v) is 2.73. The average Bonchev–Trinajstić information content (AvgIpc) is 2.37. The van der Waals surface area contributed by atoms with E-state index >= 15 is 0 Å². The number of aryl methyl sites for hydroxylation is 1. The van der Waals surface area contributed by atoms with Crippen LogP contribution in [0.3, 0.4) is 0 Å². The maximum Gasteiger partial charge on any atom is 0.335 e. The van der Waals surface area contributed by atoms with Gasteiger partial charge in [-0.1, -0.05) is 29.3 Å². The van der Waals surface area contributed by atoms with E-state index in [-0.39, 0.29) is 0 Å². The van der Waals surface area contributed by atoms with E-state index in [4.69, 9.17) is 0 Å². The molecule has 0 spiro atoms. The van der Waals surface area contributed by atoms with Crippen molar-refractivity contribution >= 4 is 39.5 Å². The first-order valence-corrected chi connectivity index (χ1v) is 7.20. The van der Waals surface area contributed by atoms with Crippen LogP contribution in [0.2, 0.25) is 0 Å². The summed E-state index contributed by atoms with van der Waals surface area (Å²) in [6.07, 6.45) is 1.13. The highest BCUT2D eigenvalue weighted by atomic mass is 79.9. The minimum absolute atomic E-state index is 0.435. The predicted molar refractivity (Wildman–Crippen MR) is 78.3 cm³/mol. The van der Waals surface area contributed by atoms with Gasteiger partial charge >= 0.3 is 6.03 Å². The summed E-state index contributed by atoms with van der Waals surface area (Å²) in [5.41, 5.74) is 1.29. The molecular weight excluding hydrogens is 324 g/mol. The second-order valence-electron chi connectivity index (χ2n) is 4.74. The molecule has 1 aliphatic rings. The lowest BCUT2D eigenvalue weighted by Crippen LogP contribution is -2.58. The van der Waals surface area contributed by atoms with E-state index in [1.807, 2.05) is 19.9 Å². The largest absolute Gasteiger partial charge is 0.335 e. The van der Waals surface area contributed by atoms with Gasteiger partial charge in [-0.15, -0.1) is 0 Å². The van der Waals surface area contributed by atoms with Gasteiger partial charge in [-0.05, 0) is 37.1 Å². The molecule has 1 saturated heterocycles. The third-order valence-corrected chi connectivity index (χ3v) is 3.74. The van der Waals surface area contributed by atoms with Gasteiger partial charge in [-0.25, -0.2) is 9.69 Å². The standard InChI is InChI=1S/C14H15BrN2O3/c1-3-4-10-12(18)16-14(20)17(13(10)19)11-6-5-9(15)7-8(11)2/h5-7,10H,3-4H2,1-2H3,(H,16,18,20). The van der Waals surface area contributed by atoms with E-state index < -0.39 is 23.8 Å². The van der Waals surface area contributed by atoms with Crippen LogP contribution in [-0.2, 0) is 9.59 Å². The summed E-state index contributed by atoms with van der Waals surface area (Å²) in [6.45, 7) is 3.71. The van der Waals surface area contributed by atoms with Crippen molar-refractivity contribution in [2.45, 2.75) is 26.7 Å². The van der Waals surface area contributed by atoms with Crippen LogP contribution < -0.4 is 10.2 Å². The molecule has 106 valence electrons. The molecule has 0 aromatic heterocycles. The number of urea groups is 1. The molecule has 1 aromatic rings. The van der Waals surface area contributed by atoms with Gasteiger partial charge in [0.1, 0.15) is 5.92 Å². The highest BCUT2D eigenvalue weighted by Gasteiger charge is 2.40. The number of benzene rings is 1. The highest BCUT2D eigenvalue weighted by molar-refractivity contribution is 9.10. The van der Waals surface area contributed by atoms with E-state index in [1.165, 1.54) is 0 Å². The fourth-order valence-electron chi connectivity index (χ4n) is 2.26. The van der Waals surface area contributed by atoms with Gasteiger partial charge in [0.05, 0.1) is 5.69 Å². The number of nitrogens with one attached hydrogen (secondary N) is 1. The van der Waals surface area contributed by atoms with Crippen molar-refractivity contribution < 1.29 is 14.4 Å². The maximum atomic E-state index is 12.4. The van der Waals surface area contributed by atoms with Crippen molar-refractivity contribution in [2.75, 3.05) is 4.90 Å². The third-order valence-electron chi connectivity index (χ3n) is 3.25. The number of carbonyl (C=O) groups excluding carboxylic acids is 3. The zero-order valence-electron chi connectivity index (χ0n) is 11.3. The second-order valence-corrected chi connectivity index (χ2v) is 5.66. The van der Waals surface area contributed by atoms with E-state index in [9.17, 15) is 14.4 Å². The van der Waals surface area contributed by atoms with Crippen LogP contribution in [0, 0.1) is 12.8 Å². The summed E-state index contributed by atoms with van der Waals surface area (Å²) in [5, 5.41) is 2.25. The lowest BCUT2D eigenvalue weighted by atomic mass is 9.98. The fraction of sp³-hybridized carbons (Fsp3) is 0.357. The van der Waals surface area contributed by atoms with Crippen LogP contribution >= 0.6 is 15.9 Å². The maximum absolute atomic E-state index is 12.4. The SMILES string of the molecule is CCCC1C(=O)NC(=O)N(c2ccc(Br)cc2C)C1=O. The van der Waals surface area contributed by atoms with E-state index in [0.717, 1.165) is 14.9 Å². The van der Waals surface area contributed by atoms with Crippen molar-refractivity contribution in [3.8, 4) is 0 Å². The summed E-state index contributed by atoms with van der Waals surface area (Å²) in [7, 11) is 0. The molecule has 1 N–H and O–H groups in total. The first kappa shape index (κ1) is 14.7. The molecule has 2 rings (SSSR count). The summed E-state index contributed by atoms with van der Waals surface area (Å²) < 4.78 is 0.866. The van der Waals surface area contributed by atoms with Gasteiger partial charge in [0.2, 0.25) is 11.8 Å². The number of imide groups is 2. The Morgan fingerprint density at radius 3 is 2.60 bits per heavy atom. The highest BCUT2D eigenvalue weighted by Crippen LogP contribution is 2.28. The van der Waals surface area contributed by atoms with Gasteiger partial charge < -0.3 is 0 Å². The van der Waals surface area contributed by atoms with Crippen molar-refractivity contribution in [1.82, 2.24) is 5.32 Å². The first-order valence-electron chi connectivity index (χ1n) is 6.40. The van der Waals surface area contributed by atoms with Crippen LogP contribution in [0.15, 0.2) is 22.7 Å². The third kappa shape index (κ3) is 2.60. The Labute approximate surface area is 125 Å². The quantitative estimate of drug-likeness (QED) is 0.861. The molecule has 1 fully saturated rings. The molecule has 0 radical (unpaired) electrons. The average molecular weight is 339 g/mol. The van der Waals surface area contributed by atoms with Crippen molar-refractivity contribution in [3.63, 3.8) is 0 Å². The molecule has 5 nitrogen and oxygen atoms in total. The molecule has 0 bridgehead atoms. The van der Waals surface area contributed by atoms with Crippen LogP contribution in [0.1, 0.15) is 25.3 Å². The zero-order valence-corrected chi connectivity index (χ0v) is 12.9.